The Balaban J connectivity index is 1.81. The fourth-order valence-corrected chi connectivity index (χ4v) is 3.18. The van der Waals surface area contributed by atoms with Crippen molar-refractivity contribution in [1.29, 1.82) is 0 Å². The van der Waals surface area contributed by atoms with Crippen molar-refractivity contribution >= 4 is 0 Å². The predicted octanol–water partition coefficient (Wildman–Crippen LogP) is 3.69. The average Bonchev–Trinajstić information content (AvgIpc) is 2.91. The van der Waals surface area contributed by atoms with Crippen LogP contribution in [0, 0.1) is 19.8 Å². The molecule has 112 valence electrons. The summed E-state index contributed by atoms with van der Waals surface area (Å²) in [5.41, 5.74) is 4.19. The van der Waals surface area contributed by atoms with Crippen LogP contribution < -0.4 is 5.32 Å². The predicted molar refractivity (Wildman–Crippen MR) is 87.2 cm³/mol. The standard InChI is InChI=1S/C18H30N2/c1-14-7-8-16(3)18(11-14)17(4)19-12-15(2)13-20-9-5-6-10-20/h7-8,11,15,17,19H,5-6,9-10,12-13H2,1-4H3. The minimum Gasteiger partial charge on any atom is -0.310 e. The van der Waals surface area contributed by atoms with Crippen LogP contribution in [0.1, 0.15) is 49.4 Å². The van der Waals surface area contributed by atoms with E-state index in [-0.39, 0.29) is 0 Å². The van der Waals surface area contributed by atoms with Gasteiger partial charge in [-0.2, -0.15) is 0 Å². The van der Waals surface area contributed by atoms with Crippen LogP contribution in [0.5, 0.6) is 0 Å². The molecule has 2 unspecified atom stereocenters. The van der Waals surface area contributed by atoms with Crippen LogP contribution in [0.25, 0.3) is 0 Å². The molecule has 2 atom stereocenters. The van der Waals surface area contributed by atoms with Gasteiger partial charge in [-0.15, -0.1) is 0 Å². The number of likely N-dealkylation sites (tertiary alicyclic amines) is 1. The summed E-state index contributed by atoms with van der Waals surface area (Å²) in [4.78, 5) is 2.61. The van der Waals surface area contributed by atoms with E-state index in [1.165, 1.54) is 49.2 Å². The number of rotatable bonds is 6. The summed E-state index contributed by atoms with van der Waals surface area (Å²) in [6.07, 6.45) is 2.78. The Hall–Kier alpha value is -0.860. The first-order valence-corrected chi connectivity index (χ1v) is 8.09. The topological polar surface area (TPSA) is 15.3 Å². The third-order valence-electron chi connectivity index (χ3n) is 4.44. The van der Waals surface area contributed by atoms with Gasteiger partial charge < -0.3 is 10.2 Å². The third kappa shape index (κ3) is 4.32. The second-order valence-corrected chi connectivity index (χ2v) is 6.60. The van der Waals surface area contributed by atoms with Crippen molar-refractivity contribution in [3.63, 3.8) is 0 Å². The number of hydrogen-bond donors (Lipinski definition) is 1. The zero-order valence-electron chi connectivity index (χ0n) is 13.6. The number of benzene rings is 1. The molecule has 1 aliphatic heterocycles. The molecule has 0 amide bonds. The Kier molecular flexibility index (Phi) is 5.62. The third-order valence-corrected chi connectivity index (χ3v) is 4.44. The molecule has 2 heteroatoms. The highest BCUT2D eigenvalue weighted by molar-refractivity contribution is 5.32. The molecule has 1 N–H and O–H groups in total. The molecule has 0 saturated carbocycles. The summed E-state index contributed by atoms with van der Waals surface area (Å²) in [6, 6.07) is 7.19. The molecule has 1 fully saturated rings. The monoisotopic (exact) mass is 274 g/mol. The second-order valence-electron chi connectivity index (χ2n) is 6.60. The van der Waals surface area contributed by atoms with Gasteiger partial charge in [-0.1, -0.05) is 30.7 Å². The van der Waals surface area contributed by atoms with E-state index in [9.17, 15) is 0 Å². The molecule has 0 spiro atoms. The van der Waals surface area contributed by atoms with Crippen LogP contribution >= 0.6 is 0 Å². The number of aryl methyl sites for hydroxylation is 2. The zero-order valence-corrected chi connectivity index (χ0v) is 13.6. The average molecular weight is 274 g/mol. The minimum absolute atomic E-state index is 0.441. The summed E-state index contributed by atoms with van der Waals surface area (Å²) in [5, 5.41) is 3.71. The van der Waals surface area contributed by atoms with Crippen LogP contribution in [0.2, 0.25) is 0 Å². The molecule has 20 heavy (non-hydrogen) atoms. The first-order valence-electron chi connectivity index (χ1n) is 8.09. The van der Waals surface area contributed by atoms with Crippen molar-refractivity contribution in [2.24, 2.45) is 5.92 Å². The Bertz CT molecular complexity index is 421. The van der Waals surface area contributed by atoms with E-state index in [0.717, 1.165) is 12.5 Å². The lowest BCUT2D eigenvalue weighted by atomic mass is 9.99. The van der Waals surface area contributed by atoms with Gasteiger partial charge in [0, 0.05) is 12.6 Å². The molecule has 1 saturated heterocycles. The van der Waals surface area contributed by atoms with Crippen molar-refractivity contribution < 1.29 is 0 Å². The smallest absolute Gasteiger partial charge is 0.0294 e. The van der Waals surface area contributed by atoms with Crippen molar-refractivity contribution in [1.82, 2.24) is 10.2 Å². The lowest BCUT2D eigenvalue weighted by molar-refractivity contribution is 0.279. The van der Waals surface area contributed by atoms with Crippen molar-refractivity contribution in [3.8, 4) is 0 Å². The molecule has 1 aromatic rings. The maximum absolute atomic E-state index is 3.71. The quantitative estimate of drug-likeness (QED) is 0.851. The Morgan fingerprint density at radius 3 is 2.55 bits per heavy atom. The fourth-order valence-electron chi connectivity index (χ4n) is 3.18. The van der Waals surface area contributed by atoms with E-state index in [4.69, 9.17) is 0 Å². The summed E-state index contributed by atoms with van der Waals surface area (Å²) in [7, 11) is 0. The Morgan fingerprint density at radius 2 is 1.85 bits per heavy atom. The Morgan fingerprint density at radius 1 is 1.15 bits per heavy atom. The molecule has 2 rings (SSSR count). The van der Waals surface area contributed by atoms with E-state index < -0.39 is 0 Å². The molecular weight excluding hydrogens is 244 g/mol. The van der Waals surface area contributed by atoms with E-state index >= 15 is 0 Å². The molecule has 2 nitrogen and oxygen atoms in total. The van der Waals surface area contributed by atoms with Crippen LogP contribution in [-0.4, -0.2) is 31.1 Å². The molecule has 1 aliphatic rings. The van der Waals surface area contributed by atoms with E-state index in [1.54, 1.807) is 0 Å². The largest absolute Gasteiger partial charge is 0.310 e. The highest BCUT2D eigenvalue weighted by Crippen LogP contribution is 2.19. The summed E-state index contributed by atoms with van der Waals surface area (Å²) >= 11 is 0. The second kappa shape index (κ2) is 7.24. The van der Waals surface area contributed by atoms with Crippen LogP contribution in [0.4, 0.5) is 0 Å². The van der Waals surface area contributed by atoms with Crippen molar-refractivity contribution in [2.75, 3.05) is 26.2 Å². The van der Waals surface area contributed by atoms with Crippen LogP contribution in [0.3, 0.4) is 0 Å². The van der Waals surface area contributed by atoms with Crippen molar-refractivity contribution in [3.05, 3.63) is 34.9 Å². The summed E-state index contributed by atoms with van der Waals surface area (Å²) in [5.74, 6) is 0.723. The maximum Gasteiger partial charge on any atom is 0.0294 e. The van der Waals surface area contributed by atoms with Gasteiger partial charge in [-0.3, -0.25) is 0 Å². The van der Waals surface area contributed by atoms with Gasteiger partial charge in [0.25, 0.3) is 0 Å². The van der Waals surface area contributed by atoms with Gasteiger partial charge in [0.15, 0.2) is 0 Å². The van der Waals surface area contributed by atoms with Gasteiger partial charge in [0.05, 0.1) is 0 Å². The van der Waals surface area contributed by atoms with Gasteiger partial charge >= 0.3 is 0 Å². The van der Waals surface area contributed by atoms with E-state index in [1.807, 2.05) is 0 Å². The van der Waals surface area contributed by atoms with Crippen LogP contribution in [0.15, 0.2) is 18.2 Å². The number of hydrogen-bond acceptors (Lipinski definition) is 2. The van der Waals surface area contributed by atoms with Gasteiger partial charge in [-0.25, -0.2) is 0 Å². The lowest BCUT2D eigenvalue weighted by Crippen LogP contribution is -2.32. The SMILES string of the molecule is Cc1ccc(C)c(C(C)NCC(C)CN2CCCC2)c1. The highest BCUT2D eigenvalue weighted by Gasteiger charge is 2.15. The molecule has 1 aromatic carbocycles. The molecule has 0 aromatic heterocycles. The molecular formula is C18H30N2. The van der Waals surface area contributed by atoms with Crippen LogP contribution in [-0.2, 0) is 0 Å². The maximum atomic E-state index is 3.71. The number of nitrogens with one attached hydrogen (secondary N) is 1. The lowest BCUT2D eigenvalue weighted by Gasteiger charge is -2.23. The van der Waals surface area contributed by atoms with E-state index in [2.05, 4.69) is 56.1 Å². The molecule has 0 bridgehead atoms. The Labute approximate surface area is 124 Å². The highest BCUT2D eigenvalue weighted by atomic mass is 15.1. The fraction of sp³-hybridized carbons (Fsp3) is 0.667. The summed E-state index contributed by atoms with van der Waals surface area (Å²) < 4.78 is 0. The summed E-state index contributed by atoms with van der Waals surface area (Å²) in [6.45, 7) is 14.0. The van der Waals surface area contributed by atoms with E-state index in [0.29, 0.717) is 6.04 Å². The molecule has 0 aliphatic carbocycles. The number of nitrogens with zero attached hydrogens (tertiary/aromatic N) is 1. The van der Waals surface area contributed by atoms with Gasteiger partial charge in [0.2, 0.25) is 0 Å². The first kappa shape index (κ1) is 15.5. The van der Waals surface area contributed by atoms with Gasteiger partial charge in [0.1, 0.15) is 0 Å². The normalized spacial score (nSPS) is 19.2. The van der Waals surface area contributed by atoms with Gasteiger partial charge in [-0.05, 0) is 70.3 Å². The van der Waals surface area contributed by atoms with Crippen molar-refractivity contribution in [2.45, 2.75) is 46.6 Å². The first-order chi connectivity index (χ1) is 9.56. The zero-order chi connectivity index (χ0) is 14.5. The molecule has 0 radical (unpaired) electrons. The minimum atomic E-state index is 0.441. The molecule has 1 heterocycles.